The smallest absolute Gasteiger partial charge is 0.224 e. The molecule has 0 saturated carbocycles. The van der Waals surface area contributed by atoms with Gasteiger partial charge in [0.05, 0.1) is 44.7 Å². The molecule has 284 valence electrons. The highest BCUT2D eigenvalue weighted by atomic mass is 35.5. The first-order chi connectivity index (χ1) is 24.5. The van der Waals surface area contributed by atoms with E-state index in [1.807, 2.05) is 0 Å². The van der Waals surface area contributed by atoms with Gasteiger partial charge in [-0.1, -0.05) is 55.6 Å². The second-order valence-electron chi connectivity index (χ2n) is 11.3. The lowest BCUT2D eigenvalue weighted by Gasteiger charge is -2.17. The average molecular weight is 863 g/mol. The molecule has 0 aliphatic carbocycles. The van der Waals surface area contributed by atoms with Gasteiger partial charge in [-0.05, 0) is 80.5 Å². The molecule has 0 unspecified atom stereocenters. The van der Waals surface area contributed by atoms with Crippen molar-refractivity contribution in [2.75, 3.05) is 44.3 Å². The molecule has 0 fully saturated rings. The first-order valence-corrected chi connectivity index (χ1v) is 22.3. The number of hydrogen-bond donors (Lipinski definition) is 3. The highest BCUT2D eigenvalue weighted by molar-refractivity contribution is 7.71. The van der Waals surface area contributed by atoms with E-state index in [1.165, 1.54) is 12.4 Å². The van der Waals surface area contributed by atoms with Gasteiger partial charge in [-0.2, -0.15) is 4.98 Å². The molecule has 2 aromatic carbocycles. The highest BCUT2D eigenvalue weighted by Gasteiger charge is 2.22. The number of aromatic nitrogens is 8. The number of hydrogen-bond acceptors (Lipinski definition) is 13. The van der Waals surface area contributed by atoms with Crippen molar-refractivity contribution in [3.05, 3.63) is 87.2 Å². The van der Waals surface area contributed by atoms with E-state index in [4.69, 9.17) is 68.8 Å². The van der Waals surface area contributed by atoms with E-state index in [2.05, 4.69) is 52.1 Å². The first kappa shape index (κ1) is 45.9. The van der Waals surface area contributed by atoms with E-state index < -0.39 is 14.3 Å². The van der Waals surface area contributed by atoms with E-state index >= 15 is 0 Å². The van der Waals surface area contributed by atoms with Crippen LogP contribution in [0.15, 0.2) is 61.4 Å². The van der Waals surface area contributed by atoms with E-state index in [9.17, 15) is 9.13 Å². The van der Waals surface area contributed by atoms with Crippen LogP contribution in [0.25, 0.3) is 22.1 Å². The summed E-state index contributed by atoms with van der Waals surface area (Å²) in [7, 11) is -5.08. The molecule has 20 heteroatoms. The second-order valence-corrected chi connectivity index (χ2v) is 19.5. The van der Waals surface area contributed by atoms with E-state index in [0.717, 1.165) is 18.4 Å². The third kappa shape index (κ3) is 13.5. The predicted molar refractivity (Wildman–Crippen MR) is 223 cm³/mol. The van der Waals surface area contributed by atoms with Gasteiger partial charge < -0.3 is 25.3 Å². The van der Waals surface area contributed by atoms with Crippen LogP contribution >= 0.6 is 72.3 Å². The Morgan fingerprint density at radius 1 is 0.698 bits per heavy atom. The summed E-state index contributed by atoms with van der Waals surface area (Å²) >= 11 is 28.2. The summed E-state index contributed by atoms with van der Waals surface area (Å²) < 4.78 is 24.9. The molecule has 0 spiro atoms. The maximum Gasteiger partial charge on any atom is 0.224 e. The van der Waals surface area contributed by atoms with E-state index in [1.54, 1.807) is 75.7 Å². The lowest BCUT2D eigenvalue weighted by molar-refractivity contribution is 0.287. The Kier molecular flexibility index (Phi) is 18.2. The summed E-state index contributed by atoms with van der Waals surface area (Å²) in [6, 6.07) is 7.09. The van der Waals surface area contributed by atoms with Crippen LogP contribution in [0.4, 0.5) is 17.2 Å². The Morgan fingerprint density at radius 3 is 1.66 bits per heavy atom. The van der Waals surface area contributed by atoms with Crippen molar-refractivity contribution in [2.24, 2.45) is 0 Å². The Labute approximate surface area is 333 Å². The van der Waals surface area contributed by atoms with Gasteiger partial charge in [-0.25, -0.2) is 15.0 Å². The Hall–Kier alpha value is -3.25. The molecule has 0 aliphatic rings. The summed E-state index contributed by atoms with van der Waals surface area (Å²) in [5.41, 5.74) is 9.58. The van der Waals surface area contributed by atoms with Gasteiger partial charge in [-0.3, -0.25) is 19.9 Å². The molecule has 0 atom stereocenters. The summed E-state index contributed by atoms with van der Waals surface area (Å²) in [6.45, 7) is 9.12. The lowest BCUT2D eigenvalue weighted by Crippen LogP contribution is -2.13. The third-order valence-electron chi connectivity index (χ3n) is 6.49. The first-order valence-electron chi connectivity index (χ1n) is 15.2. The molecule has 13 nitrogen and oxygen atoms in total. The number of aliphatic hydroxyl groups excluding tert-OH is 1. The molecule has 6 aromatic rings. The molecule has 4 N–H and O–H groups in total. The molecular formula is C33H39Cl5N10O3P2. The summed E-state index contributed by atoms with van der Waals surface area (Å²) in [5.74, 6) is 0.338. The maximum absolute atomic E-state index is 12.8. The molecule has 6 rings (SSSR count). The number of unbranched alkanes of at least 4 members (excludes halogenated alkanes) is 1. The number of aliphatic hydroxyl groups is 1. The predicted octanol–water partition coefficient (Wildman–Crippen LogP) is 9.03. The molecular weight excluding hydrogens is 824 g/mol. The number of nitrogen functional groups attached to an aromatic ring is 1. The zero-order valence-electron chi connectivity index (χ0n) is 28.6. The van der Waals surface area contributed by atoms with Crippen molar-refractivity contribution in [3.63, 3.8) is 0 Å². The molecule has 0 amide bonds. The van der Waals surface area contributed by atoms with Crippen molar-refractivity contribution in [1.29, 1.82) is 0 Å². The van der Waals surface area contributed by atoms with Crippen molar-refractivity contribution >= 4 is 122 Å². The number of rotatable bonds is 6. The SMILES string of the molecule is C.CCCCO.CP(C)(=O)c1c(N)ccc2nccnc12.CP(C)(=O)c1c(Nc2nc(Cl)ncc2Cl)ccc2nccnc12.Clc1ncc(Cl)c(Cl)n1. The minimum atomic E-state index is -2.65. The van der Waals surface area contributed by atoms with Crippen molar-refractivity contribution in [1.82, 2.24) is 39.9 Å². The molecule has 0 bridgehead atoms. The second kappa shape index (κ2) is 21.0. The Balaban J connectivity index is 0.000000278. The van der Waals surface area contributed by atoms with Crippen LogP contribution in [0.5, 0.6) is 0 Å². The van der Waals surface area contributed by atoms with Crippen LogP contribution in [0.1, 0.15) is 27.2 Å². The van der Waals surface area contributed by atoms with Gasteiger partial charge in [-0.15, -0.1) is 0 Å². The van der Waals surface area contributed by atoms with Crippen molar-refractivity contribution < 1.29 is 14.2 Å². The van der Waals surface area contributed by atoms with Gasteiger partial charge >= 0.3 is 0 Å². The minimum absolute atomic E-state index is 0. The number of nitrogens with one attached hydrogen (secondary N) is 1. The van der Waals surface area contributed by atoms with E-state index in [-0.39, 0.29) is 23.1 Å². The minimum Gasteiger partial charge on any atom is -0.398 e. The topological polar surface area (TPSA) is 196 Å². The standard InChI is InChI=1S/C14H12Cl2N5OP.C10H12N3OP.C4HCl3N2.C4H10O.CH4/c1-23(2,22)12-10(4-3-9-11(12)18-6-5-17-9)20-13-8(15)7-19-14(16)21-13;1-15(2,14)10-7(11)3-4-8-9(10)13-6-5-12-8;5-2-1-8-4(7)9-3(2)6;1-2-3-4-5;/h3-7H,1-2H3,(H,19,20,21);3-6H,11H2,1-2H3;1H;5H,2-4H2,1H3;1H4. The fourth-order valence-electron chi connectivity index (χ4n) is 4.32. The lowest BCUT2D eigenvalue weighted by atomic mass is 10.2. The zero-order valence-corrected chi connectivity index (χ0v) is 34.2. The number of halogens is 5. The fraction of sp³-hybridized carbons (Fsp3) is 0.273. The van der Waals surface area contributed by atoms with Crippen LogP contribution in [0, 0.1) is 0 Å². The Morgan fingerprint density at radius 2 is 1.19 bits per heavy atom. The number of fused-ring (bicyclic) bond motifs is 2. The number of nitrogens with zero attached hydrogens (tertiary/aromatic N) is 8. The van der Waals surface area contributed by atoms with Crippen molar-refractivity contribution in [2.45, 2.75) is 27.2 Å². The van der Waals surface area contributed by atoms with E-state index in [0.29, 0.717) is 61.0 Å². The van der Waals surface area contributed by atoms with Gasteiger partial charge in [0.25, 0.3) is 0 Å². The van der Waals surface area contributed by atoms with Gasteiger partial charge in [0.15, 0.2) is 11.0 Å². The fourth-order valence-corrected chi connectivity index (χ4v) is 7.76. The quantitative estimate of drug-likeness (QED) is 0.0622. The van der Waals surface area contributed by atoms with Crippen LogP contribution in [-0.4, -0.2) is 78.2 Å². The summed E-state index contributed by atoms with van der Waals surface area (Å²) in [6.07, 6.45) is 11.1. The summed E-state index contributed by atoms with van der Waals surface area (Å²) in [4.78, 5) is 31.9. The number of benzene rings is 2. The van der Waals surface area contributed by atoms with Crippen molar-refractivity contribution in [3.8, 4) is 0 Å². The molecule has 4 aromatic heterocycles. The Bertz CT molecular complexity index is 2240. The third-order valence-corrected chi connectivity index (χ3v) is 10.9. The van der Waals surface area contributed by atoms with Crippen LogP contribution in [0.2, 0.25) is 25.8 Å². The van der Waals surface area contributed by atoms with Gasteiger partial charge in [0.1, 0.15) is 30.3 Å². The maximum atomic E-state index is 12.8. The van der Waals surface area contributed by atoms with Gasteiger partial charge in [0, 0.05) is 37.1 Å². The highest BCUT2D eigenvalue weighted by Crippen LogP contribution is 2.41. The van der Waals surface area contributed by atoms with Crippen LogP contribution < -0.4 is 21.7 Å². The number of anilines is 3. The number of nitrogens with two attached hydrogens (primary N) is 1. The molecule has 0 aliphatic heterocycles. The molecule has 4 heterocycles. The normalized spacial score (nSPS) is 10.8. The van der Waals surface area contributed by atoms with Gasteiger partial charge in [0.2, 0.25) is 10.6 Å². The molecule has 53 heavy (non-hydrogen) atoms. The molecule has 0 saturated heterocycles. The molecule has 0 radical (unpaired) electrons. The van der Waals surface area contributed by atoms with Crippen LogP contribution in [-0.2, 0) is 9.13 Å². The zero-order chi connectivity index (χ0) is 38.6. The monoisotopic (exact) mass is 860 g/mol. The average Bonchev–Trinajstić information content (AvgIpc) is 3.08. The summed E-state index contributed by atoms with van der Waals surface area (Å²) in [5, 5.41) is 13.3. The largest absolute Gasteiger partial charge is 0.398 e. The van der Waals surface area contributed by atoms with Crippen LogP contribution in [0.3, 0.4) is 0 Å².